The van der Waals surface area contributed by atoms with E-state index in [1.54, 1.807) is 0 Å². The van der Waals surface area contributed by atoms with Crippen LogP contribution in [0, 0.1) is 0 Å². The zero-order valence-electron chi connectivity index (χ0n) is 14.8. The van der Waals surface area contributed by atoms with Gasteiger partial charge in [-0.15, -0.1) is 0 Å². The van der Waals surface area contributed by atoms with Gasteiger partial charge in [0.05, 0.1) is 33.5 Å². The van der Waals surface area contributed by atoms with E-state index in [2.05, 4.69) is 10.2 Å². The largest absolute Gasteiger partial charge is 0.416 e. The molecule has 0 bridgehead atoms. The van der Waals surface area contributed by atoms with Gasteiger partial charge < -0.3 is 10.2 Å². The Balaban J connectivity index is 1.56. The van der Waals surface area contributed by atoms with Crippen molar-refractivity contribution in [1.29, 1.82) is 0 Å². The summed E-state index contributed by atoms with van der Waals surface area (Å²) in [4.78, 5) is 16.3. The van der Waals surface area contributed by atoms with Crippen LogP contribution in [0.25, 0.3) is 0 Å². The first-order valence-corrected chi connectivity index (χ1v) is 9.38. The molecule has 1 aliphatic heterocycles. The number of halogens is 5. The number of carbonyl (C=O) groups excluding carboxylic acids is 1. The molecule has 0 aliphatic carbocycles. The summed E-state index contributed by atoms with van der Waals surface area (Å²) < 4.78 is 38.5. The molecule has 2 aromatic rings. The van der Waals surface area contributed by atoms with Crippen LogP contribution in [0.15, 0.2) is 42.5 Å². The second-order valence-electron chi connectivity index (χ2n) is 6.46. The van der Waals surface area contributed by atoms with Gasteiger partial charge in [-0.05, 0) is 30.3 Å². The Morgan fingerprint density at radius 1 is 1.00 bits per heavy atom. The molecule has 3 rings (SSSR count). The maximum Gasteiger partial charge on any atom is 0.416 e. The van der Waals surface area contributed by atoms with Crippen molar-refractivity contribution in [3.05, 3.63) is 58.1 Å². The Labute approximate surface area is 170 Å². The molecule has 150 valence electrons. The lowest BCUT2D eigenvalue weighted by Crippen LogP contribution is -2.48. The molecule has 2 aromatic carbocycles. The number of hydrogen-bond donors (Lipinski definition) is 1. The first-order valence-electron chi connectivity index (χ1n) is 8.62. The van der Waals surface area contributed by atoms with E-state index in [0.717, 1.165) is 23.9 Å². The Kier molecular flexibility index (Phi) is 6.37. The lowest BCUT2D eigenvalue weighted by Gasteiger charge is -2.36. The molecule has 0 spiro atoms. The minimum Gasteiger partial charge on any atom is -0.368 e. The van der Waals surface area contributed by atoms with Crippen LogP contribution in [0.3, 0.4) is 0 Å². The minimum atomic E-state index is -4.50. The van der Waals surface area contributed by atoms with Crippen molar-refractivity contribution >= 4 is 40.5 Å². The molecule has 28 heavy (non-hydrogen) atoms. The Bertz CT molecular complexity index is 853. The van der Waals surface area contributed by atoms with Gasteiger partial charge in [0.1, 0.15) is 0 Å². The summed E-state index contributed by atoms with van der Waals surface area (Å²) in [5, 5.41) is 3.21. The Morgan fingerprint density at radius 2 is 1.68 bits per heavy atom. The highest BCUT2D eigenvalue weighted by Gasteiger charge is 2.31. The third-order valence-electron chi connectivity index (χ3n) is 4.50. The molecule has 9 heteroatoms. The quantitative estimate of drug-likeness (QED) is 0.756. The Hall–Kier alpha value is -1.96. The first kappa shape index (κ1) is 20.8. The average molecular weight is 432 g/mol. The number of para-hydroxylation sites is 1. The van der Waals surface area contributed by atoms with Gasteiger partial charge in [-0.2, -0.15) is 13.2 Å². The molecule has 1 amide bonds. The SMILES string of the molecule is O=C(CN1CCN(c2ccccc2Cl)CC1)Nc1cc(C(F)(F)F)ccc1Cl. The number of nitrogens with one attached hydrogen (secondary N) is 1. The molecule has 0 unspecified atom stereocenters. The zero-order chi connectivity index (χ0) is 20.3. The van der Waals surface area contributed by atoms with Crippen LogP contribution in [0.1, 0.15) is 5.56 Å². The fourth-order valence-electron chi connectivity index (χ4n) is 3.05. The number of piperazine rings is 1. The lowest BCUT2D eigenvalue weighted by atomic mass is 10.2. The van der Waals surface area contributed by atoms with Crippen molar-refractivity contribution in [3.8, 4) is 0 Å². The number of hydrogen-bond acceptors (Lipinski definition) is 3. The molecule has 4 nitrogen and oxygen atoms in total. The van der Waals surface area contributed by atoms with E-state index < -0.39 is 17.6 Å². The highest BCUT2D eigenvalue weighted by molar-refractivity contribution is 6.34. The molecule has 0 saturated carbocycles. The lowest BCUT2D eigenvalue weighted by molar-refractivity contribution is -0.137. The monoisotopic (exact) mass is 431 g/mol. The van der Waals surface area contributed by atoms with Gasteiger partial charge in [-0.3, -0.25) is 9.69 Å². The predicted molar refractivity (Wildman–Crippen MR) is 105 cm³/mol. The number of rotatable bonds is 4. The van der Waals surface area contributed by atoms with Gasteiger partial charge in [-0.25, -0.2) is 0 Å². The van der Waals surface area contributed by atoms with Crippen molar-refractivity contribution in [2.45, 2.75) is 6.18 Å². The van der Waals surface area contributed by atoms with Crippen molar-refractivity contribution < 1.29 is 18.0 Å². The molecule has 1 fully saturated rings. The van der Waals surface area contributed by atoms with Gasteiger partial charge in [0.15, 0.2) is 0 Å². The van der Waals surface area contributed by atoms with Gasteiger partial charge in [0.2, 0.25) is 5.91 Å². The van der Waals surface area contributed by atoms with Crippen LogP contribution in [0.4, 0.5) is 24.5 Å². The fraction of sp³-hybridized carbons (Fsp3) is 0.316. The number of nitrogens with zero attached hydrogens (tertiary/aromatic N) is 2. The number of alkyl halides is 3. The molecule has 0 aromatic heterocycles. The molecule has 1 saturated heterocycles. The maximum absolute atomic E-state index is 12.8. The summed E-state index contributed by atoms with van der Waals surface area (Å²) in [5.41, 5.74) is 0.0424. The summed E-state index contributed by atoms with van der Waals surface area (Å²) in [6.07, 6.45) is -4.50. The number of benzene rings is 2. The van der Waals surface area contributed by atoms with Gasteiger partial charge in [0.25, 0.3) is 0 Å². The first-order chi connectivity index (χ1) is 13.2. The van der Waals surface area contributed by atoms with E-state index in [0.29, 0.717) is 31.2 Å². The van der Waals surface area contributed by atoms with Crippen LogP contribution in [0.5, 0.6) is 0 Å². The van der Waals surface area contributed by atoms with E-state index in [9.17, 15) is 18.0 Å². The topological polar surface area (TPSA) is 35.6 Å². The number of carbonyl (C=O) groups is 1. The zero-order valence-corrected chi connectivity index (χ0v) is 16.3. The highest BCUT2D eigenvalue weighted by Crippen LogP contribution is 2.33. The van der Waals surface area contributed by atoms with Gasteiger partial charge in [-0.1, -0.05) is 35.3 Å². The molecule has 0 atom stereocenters. The minimum absolute atomic E-state index is 0.0452. The highest BCUT2D eigenvalue weighted by atomic mass is 35.5. The molecule has 1 heterocycles. The fourth-order valence-corrected chi connectivity index (χ4v) is 3.47. The third kappa shape index (κ3) is 5.10. The normalized spacial score (nSPS) is 15.5. The third-order valence-corrected chi connectivity index (χ3v) is 5.15. The van der Waals surface area contributed by atoms with E-state index in [4.69, 9.17) is 23.2 Å². The smallest absolute Gasteiger partial charge is 0.368 e. The molecular formula is C19H18Cl2F3N3O. The Morgan fingerprint density at radius 3 is 2.32 bits per heavy atom. The van der Waals surface area contributed by atoms with Crippen LogP contribution in [0.2, 0.25) is 10.0 Å². The van der Waals surface area contributed by atoms with Crippen molar-refractivity contribution in [2.24, 2.45) is 0 Å². The summed E-state index contributed by atoms with van der Waals surface area (Å²) >= 11 is 12.1. The summed E-state index contributed by atoms with van der Waals surface area (Å²) in [5.74, 6) is -0.410. The van der Waals surface area contributed by atoms with Gasteiger partial charge >= 0.3 is 6.18 Å². The summed E-state index contributed by atoms with van der Waals surface area (Å²) in [6, 6.07) is 10.4. The summed E-state index contributed by atoms with van der Waals surface area (Å²) in [7, 11) is 0. The standard InChI is InChI=1S/C19H18Cl2F3N3O/c20-14-6-5-13(19(22,23)24)11-16(14)25-18(28)12-26-7-9-27(10-8-26)17-4-2-1-3-15(17)21/h1-6,11H,7-10,12H2,(H,25,28). The van der Waals surface area contributed by atoms with Crippen molar-refractivity contribution in [2.75, 3.05) is 42.9 Å². The van der Waals surface area contributed by atoms with E-state index >= 15 is 0 Å². The average Bonchev–Trinajstić information content (AvgIpc) is 2.64. The van der Waals surface area contributed by atoms with Crippen LogP contribution >= 0.6 is 23.2 Å². The van der Waals surface area contributed by atoms with Crippen molar-refractivity contribution in [1.82, 2.24) is 4.90 Å². The van der Waals surface area contributed by atoms with E-state index in [-0.39, 0.29) is 17.3 Å². The van der Waals surface area contributed by atoms with Crippen LogP contribution in [-0.2, 0) is 11.0 Å². The van der Waals surface area contributed by atoms with Gasteiger partial charge in [0, 0.05) is 26.2 Å². The van der Waals surface area contributed by atoms with E-state index in [1.165, 1.54) is 0 Å². The second kappa shape index (κ2) is 8.59. The molecular weight excluding hydrogens is 414 g/mol. The second-order valence-corrected chi connectivity index (χ2v) is 7.27. The molecule has 0 radical (unpaired) electrons. The maximum atomic E-state index is 12.8. The number of anilines is 2. The van der Waals surface area contributed by atoms with Crippen LogP contribution in [-0.4, -0.2) is 43.5 Å². The van der Waals surface area contributed by atoms with Crippen LogP contribution < -0.4 is 10.2 Å². The van der Waals surface area contributed by atoms with E-state index in [1.807, 2.05) is 29.2 Å². The molecule has 1 aliphatic rings. The summed E-state index contributed by atoms with van der Waals surface area (Å²) in [6.45, 7) is 2.73. The predicted octanol–water partition coefficient (Wildman–Crippen LogP) is 4.77. The molecule has 1 N–H and O–H groups in total. The number of amides is 1. The van der Waals surface area contributed by atoms with Crippen molar-refractivity contribution in [3.63, 3.8) is 0 Å².